The Morgan fingerprint density at radius 2 is 1.41 bits per heavy atom. The topological polar surface area (TPSA) is 64.6 Å². The molecule has 0 bridgehead atoms. The highest BCUT2D eigenvalue weighted by Gasteiger charge is 2.20. The zero-order chi connectivity index (χ0) is 25.0. The van der Waals surface area contributed by atoms with Crippen molar-refractivity contribution < 1.29 is 14.3 Å². The van der Waals surface area contributed by atoms with Crippen LogP contribution in [0.15, 0.2) is 103 Å². The lowest BCUT2D eigenvalue weighted by Gasteiger charge is -2.25. The summed E-state index contributed by atoms with van der Waals surface area (Å²) in [5, 5.41) is 0. The first-order chi connectivity index (χ1) is 18.2. The number of rotatable bonds is 6. The first-order valence-electron chi connectivity index (χ1n) is 12.3. The largest absolute Gasteiger partial charge is 0.486 e. The normalized spacial score (nSPS) is 12.3. The van der Waals surface area contributed by atoms with Crippen LogP contribution < -0.4 is 9.47 Å². The molecule has 6 heteroatoms. The summed E-state index contributed by atoms with van der Waals surface area (Å²) in [4.78, 5) is 24.4. The summed E-state index contributed by atoms with van der Waals surface area (Å²) >= 11 is 0. The van der Waals surface area contributed by atoms with Crippen LogP contribution in [-0.2, 0) is 13.1 Å². The average molecular weight is 488 g/mol. The summed E-state index contributed by atoms with van der Waals surface area (Å²) in [6.45, 7) is 1.93. The fourth-order valence-electron chi connectivity index (χ4n) is 4.59. The second-order valence-electron chi connectivity index (χ2n) is 8.97. The van der Waals surface area contributed by atoms with Gasteiger partial charge in [0, 0.05) is 31.0 Å². The van der Waals surface area contributed by atoms with E-state index in [2.05, 4.69) is 40.3 Å². The Hall–Kier alpha value is -4.71. The van der Waals surface area contributed by atoms with E-state index in [0.717, 1.165) is 33.5 Å². The van der Waals surface area contributed by atoms with Crippen LogP contribution in [0.2, 0.25) is 0 Å². The minimum absolute atomic E-state index is 0.0763. The number of carbonyl (C=O) groups is 1. The Labute approximate surface area is 215 Å². The molecule has 1 aliphatic heterocycles. The van der Waals surface area contributed by atoms with Crippen molar-refractivity contribution in [2.75, 3.05) is 13.2 Å². The molecule has 1 amide bonds. The minimum Gasteiger partial charge on any atom is -0.486 e. The summed E-state index contributed by atoms with van der Waals surface area (Å²) in [7, 11) is 0. The number of fused-ring (bicyclic) bond motifs is 2. The Morgan fingerprint density at radius 1 is 0.676 bits per heavy atom. The monoisotopic (exact) mass is 487 g/mol. The van der Waals surface area contributed by atoms with Crippen LogP contribution in [0.3, 0.4) is 0 Å². The van der Waals surface area contributed by atoms with Gasteiger partial charge in [0.25, 0.3) is 5.91 Å². The molecule has 37 heavy (non-hydrogen) atoms. The fourth-order valence-corrected chi connectivity index (χ4v) is 4.59. The molecule has 2 heterocycles. The third kappa shape index (κ3) is 5.00. The summed E-state index contributed by atoms with van der Waals surface area (Å²) < 4.78 is 11.5. The molecule has 0 saturated heterocycles. The van der Waals surface area contributed by atoms with Crippen molar-refractivity contribution in [1.82, 2.24) is 14.9 Å². The predicted octanol–water partition coefficient (Wildman–Crippen LogP) is 5.91. The van der Waals surface area contributed by atoms with E-state index in [1.807, 2.05) is 65.6 Å². The van der Waals surface area contributed by atoms with Gasteiger partial charge in [-0.15, -0.1) is 0 Å². The molecule has 0 radical (unpaired) electrons. The predicted molar refractivity (Wildman–Crippen MR) is 142 cm³/mol. The smallest absolute Gasteiger partial charge is 0.254 e. The number of benzene rings is 4. The van der Waals surface area contributed by atoms with Crippen molar-refractivity contribution >= 4 is 16.9 Å². The Bertz CT molecular complexity index is 1570. The van der Waals surface area contributed by atoms with Gasteiger partial charge in [0.1, 0.15) is 13.2 Å². The number of hydrogen-bond donors (Lipinski definition) is 0. The van der Waals surface area contributed by atoms with Gasteiger partial charge in [0.05, 0.1) is 11.0 Å². The van der Waals surface area contributed by atoms with Crippen molar-refractivity contribution in [3.8, 4) is 22.6 Å². The summed E-state index contributed by atoms with van der Waals surface area (Å²) in [5.41, 5.74) is 6.30. The maximum atomic E-state index is 13.9. The number of amides is 1. The molecule has 0 fully saturated rings. The van der Waals surface area contributed by atoms with E-state index in [0.29, 0.717) is 43.1 Å². The van der Waals surface area contributed by atoms with Gasteiger partial charge in [-0.05, 0) is 58.7 Å². The Morgan fingerprint density at radius 3 is 2.24 bits per heavy atom. The van der Waals surface area contributed by atoms with E-state index >= 15 is 0 Å². The van der Waals surface area contributed by atoms with Crippen molar-refractivity contribution in [1.29, 1.82) is 0 Å². The van der Waals surface area contributed by atoms with Gasteiger partial charge in [-0.3, -0.25) is 14.8 Å². The quantitative estimate of drug-likeness (QED) is 0.298. The molecular weight excluding hydrogens is 462 g/mol. The van der Waals surface area contributed by atoms with Gasteiger partial charge in [0.15, 0.2) is 11.5 Å². The summed E-state index contributed by atoms with van der Waals surface area (Å²) in [6.07, 6.45) is 3.29. The fraction of sp³-hybridized carbons (Fsp3) is 0.129. The molecule has 0 N–H and O–H groups in total. The zero-order valence-electron chi connectivity index (χ0n) is 20.2. The van der Waals surface area contributed by atoms with E-state index < -0.39 is 0 Å². The molecule has 4 aromatic carbocycles. The molecule has 0 saturated carbocycles. The van der Waals surface area contributed by atoms with Crippen molar-refractivity contribution in [3.63, 3.8) is 0 Å². The molecule has 1 aromatic heterocycles. The van der Waals surface area contributed by atoms with E-state index in [-0.39, 0.29) is 5.91 Å². The second-order valence-corrected chi connectivity index (χ2v) is 8.97. The van der Waals surface area contributed by atoms with E-state index in [1.54, 1.807) is 12.4 Å². The third-order valence-electron chi connectivity index (χ3n) is 6.39. The molecule has 0 spiro atoms. The lowest BCUT2D eigenvalue weighted by atomic mass is 10.0. The van der Waals surface area contributed by atoms with Crippen LogP contribution in [0.1, 0.15) is 21.5 Å². The molecule has 0 unspecified atom stereocenters. The number of carbonyl (C=O) groups excluding carboxylic acids is 1. The summed E-state index contributed by atoms with van der Waals surface area (Å²) in [6, 6.07) is 29.9. The van der Waals surface area contributed by atoms with Crippen LogP contribution in [-0.4, -0.2) is 34.0 Å². The second kappa shape index (κ2) is 10.1. The zero-order valence-corrected chi connectivity index (χ0v) is 20.2. The Balaban J connectivity index is 1.33. The number of nitrogens with zero attached hydrogens (tertiary/aromatic N) is 3. The Kier molecular flexibility index (Phi) is 6.21. The standard InChI is InChI=1S/C31H25N3O3/c35-31(26-10-11-27-28(19-26)33-14-13-32-27)34(21-23-9-12-29-30(18-23)37-16-15-36-29)20-22-5-4-8-25(17-22)24-6-2-1-3-7-24/h1-14,17-19H,15-16,20-21H2. The van der Waals surface area contributed by atoms with E-state index in [9.17, 15) is 4.79 Å². The molecule has 1 aliphatic rings. The maximum absolute atomic E-state index is 13.9. The van der Waals surface area contributed by atoms with Crippen LogP contribution >= 0.6 is 0 Å². The van der Waals surface area contributed by atoms with Gasteiger partial charge in [-0.2, -0.15) is 0 Å². The molecule has 0 atom stereocenters. The maximum Gasteiger partial charge on any atom is 0.254 e. The lowest BCUT2D eigenvalue weighted by Crippen LogP contribution is -2.30. The average Bonchev–Trinajstić information content (AvgIpc) is 2.97. The van der Waals surface area contributed by atoms with E-state index in [4.69, 9.17) is 9.47 Å². The highest BCUT2D eigenvalue weighted by atomic mass is 16.6. The molecular formula is C31H25N3O3. The first-order valence-corrected chi connectivity index (χ1v) is 12.3. The third-order valence-corrected chi connectivity index (χ3v) is 6.39. The van der Waals surface area contributed by atoms with Gasteiger partial charge in [-0.25, -0.2) is 0 Å². The lowest BCUT2D eigenvalue weighted by molar-refractivity contribution is 0.0729. The number of aromatic nitrogens is 2. The van der Waals surface area contributed by atoms with Gasteiger partial charge in [-0.1, -0.05) is 54.6 Å². The first kappa shape index (κ1) is 22.7. The van der Waals surface area contributed by atoms with Gasteiger partial charge >= 0.3 is 0 Å². The molecule has 6 nitrogen and oxygen atoms in total. The van der Waals surface area contributed by atoms with Crippen molar-refractivity contribution in [2.45, 2.75) is 13.1 Å². The van der Waals surface area contributed by atoms with E-state index in [1.165, 1.54) is 0 Å². The van der Waals surface area contributed by atoms with Crippen LogP contribution in [0.5, 0.6) is 11.5 Å². The van der Waals surface area contributed by atoms with Crippen molar-refractivity contribution in [3.05, 3.63) is 120 Å². The van der Waals surface area contributed by atoms with Crippen LogP contribution in [0.25, 0.3) is 22.2 Å². The molecule has 182 valence electrons. The van der Waals surface area contributed by atoms with Crippen LogP contribution in [0.4, 0.5) is 0 Å². The number of hydrogen-bond acceptors (Lipinski definition) is 5. The van der Waals surface area contributed by atoms with Crippen molar-refractivity contribution in [2.24, 2.45) is 0 Å². The molecule has 0 aliphatic carbocycles. The SMILES string of the molecule is O=C(c1ccc2nccnc2c1)N(Cc1cccc(-c2ccccc2)c1)Cc1ccc2c(c1)OCCO2. The summed E-state index contributed by atoms with van der Waals surface area (Å²) in [5.74, 6) is 1.37. The molecule has 6 rings (SSSR count). The highest BCUT2D eigenvalue weighted by molar-refractivity contribution is 5.97. The molecule has 5 aromatic rings. The van der Waals surface area contributed by atoms with Crippen LogP contribution in [0, 0.1) is 0 Å². The van der Waals surface area contributed by atoms with Gasteiger partial charge in [0.2, 0.25) is 0 Å². The number of ether oxygens (including phenoxy) is 2. The highest BCUT2D eigenvalue weighted by Crippen LogP contribution is 2.31. The van der Waals surface area contributed by atoms with Gasteiger partial charge < -0.3 is 14.4 Å². The minimum atomic E-state index is -0.0763.